The first kappa shape index (κ1) is 80.1. The second kappa shape index (κ2) is 40.0. The number of ether oxygens (including phenoxy) is 12. The smallest absolute Gasteiger partial charge is 0.412 e. The summed E-state index contributed by atoms with van der Waals surface area (Å²) in [7, 11) is 0. The van der Waals surface area contributed by atoms with Crippen LogP contribution in [0.15, 0.2) is 243 Å². The molecular weight excluding hydrogens is 1450 g/mol. The van der Waals surface area contributed by atoms with Crippen molar-refractivity contribution in [1.29, 1.82) is 0 Å². The Morgan fingerprint density at radius 1 is 0.348 bits per heavy atom. The van der Waals surface area contributed by atoms with E-state index in [2.05, 4.69) is 47.9 Å². The molecule has 17 N–H and O–H groups in total. The number of hydrogen-bond acceptors (Lipinski definition) is 25. The van der Waals surface area contributed by atoms with Crippen LogP contribution in [0.25, 0.3) is 0 Å². The summed E-state index contributed by atoms with van der Waals surface area (Å²) in [6.45, 7) is -1.61. The standard InChI is InChI=1S/C78H83N13O21/c79-42-41-56(104-72(94)84-47-27-11-2-12-28-47)68(92)91-55-43-54(81)60(105-70-67(112-78(100)90-53-39-23-8-24-40-53)66(111-77(99)89-52-37-21-7-22-38-52)63(57(44-80)102-70)108-74(96)86-49-31-15-4-16-32-49)65(110-76(98)88-51-35-19-6-20-36-51)61(55)106-69-64(109-75(97)87-50-33-17-5-18-34-50)59(82)62(107-73(95)85-48-29-13-3-14-30-48)58(103-69)45-101-71(93)83-46-25-9-1-10-26-46/h1-40,54-67,69-70H,41-45,79-82H2,(H,83,93)(H,84,94)(H,85,95)(H,86,96)(H,87,97)(H,88,98)(H,89,99)(H,90,100)(H,91,92)/t54-,55+,56?,57-,58-,59+,60+,61-,62-,63-,64-,65-,66+,67-,69-,70-/m1/s1. The predicted octanol–water partition coefficient (Wildman–Crippen LogP) is 9.63. The first-order valence-electron chi connectivity index (χ1n) is 35.4. The van der Waals surface area contributed by atoms with E-state index in [1.54, 1.807) is 206 Å². The minimum Gasteiger partial charge on any atom is -0.446 e. The highest BCUT2D eigenvalue weighted by atomic mass is 16.8. The maximum atomic E-state index is 15.2. The van der Waals surface area contributed by atoms with Gasteiger partial charge in [0.05, 0.1) is 12.1 Å². The third-order valence-corrected chi connectivity index (χ3v) is 17.4. The highest BCUT2D eigenvalue weighted by Gasteiger charge is 2.59. The Balaban J connectivity index is 1.03. The van der Waals surface area contributed by atoms with Crippen LogP contribution in [0.1, 0.15) is 12.8 Å². The second-order valence-electron chi connectivity index (χ2n) is 25.3. The normalized spacial score (nSPS) is 23.3. The van der Waals surface area contributed by atoms with E-state index < -0.39 is 172 Å². The van der Waals surface area contributed by atoms with E-state index in [1.807, 2.05) is 0 Å². The average Bonchev–Trinajstić information content (AvgIpc) is 0.762. The Morgan fingerprint density at radius 2 is 0.652 bits per heavy atom. The minimum atomic E-state index is -2.14. The molecule has 34 heteroatoms. The van der Waals surface area contributed by atoms with Crippen LogP contribution in [0.2, 0.25) is 0 Å². The van der Waals surface area contributed by atoms with Crippen molar-refractivity contribution in [3.05, 3.63) is 243 Å². The number of benzene rings is 8. The summed E-state index contributed by atoms with van der Waals surface area (Å²) < 4.78 is 76.3. The van der Waals surface area contributed by atoms with Crippen molar-refractivity contribution in [2.75, 3.05) is 62.2 Å². The Hall–Kier alpha value is -12.9. The SMILES string of the molecule is NCCC(OC(=O)Nc1ccccc1)C(=O)N[C@H]1C[C@@H](N)[C@H](O[C@H]2O[C@H](CN)[C@@H](OC(=O)Nc3ccccc3)[C@H](OC(=O)Nc3ccccc3)[C@H]2OC(=O)Nc2ccccc2)[C@@H](OC(=O)Nc2ccccc2)[C@@H]1O[C@H]1O[C@H](COC(=O)Nc2ccccc2)[C@@H](OC(=O)Nc2ccccc2)[C@H](N)[C@H]1OC(=O)Nc1ccccc1. The maximum absolute atomic E-state index is 15.2. The number of carbonyl (C=O) groups is 9. The van der Waals surface area contributed by atoms with E-state index in [0.29, 0.717) is 11.4 Å². The summed E-state index contributed by atoms with van der Waals surface area (Å²) >= 11 is 0. The number of anilines is 8. The maximum Gasteiger partial charge on any atom is 0.412 e. The number of nitrogens with two attached hydrogens (primary N) is 4. The van der Waals surface area contributed by atoms with Crippen LogP contribution in [0.4, 0.5) is 83.9 Å². The number of hydrogen-bond donors (Lipinski definition) is 13. The topological polar surface area (TPSA) is 477 Å². The average molecular weight is 1540 g/mol. The van der Waals surface area contributed by atoms with Crippen LogP contribution in [0.3, 0.4) is 0 Å². The molecule has 9 amide bonds. The van der Waals surface area contributed by atoms with Gasteiger partial charge in [-0.2, -0.15) is 0 Å². The van der Waals surface area contributed by atoms with Gasteiger partial charge in [0.15, 0.2) is 55.3 Å². The van der Waals surface area contributed by atoms with Gasteiger partial charge in [0.1, 0.15) is 31.0 Å². The van der Waals surface area contributed by atoms with Crippen LogP contribution in [-0.4, -0.2) is 172 Å². The van der Waals surface area contributed by atoms with E-state index in [1.165, 1.54) is 36.4 Å². The Morgan fingerprint density at radius 3 is 1.03 bits per heavy atom. The lowest BCUT2D eigenvalue weighted by Gasteiger charge is -2.50. The predicted molar refractivity (Wildman–Crippen MR) is 406 cm³/mol. The fraction of sp³-hybridized carbons (Fsp3) is 0.269. The fourth-order valence-corrected chi connectivity index (χ4v) is 12.3. The highest BCUT2D eigenvalue weighted by Crippen LogP contribution is 2.38. The van der Waals surface area contributed by atoms with Gasteiger partial charge in [-0.25, -0.2) is 38.4 Å². The number of amides is 9. The third kappa shape index (κ3) is 23.1. The van der Waals surface area contributed by atoms with Gasteiger partial charge >= 0.3 is 48.7 Å². The van der Waals surface area contributed by atoms with Crippen molar-refractivity contribution in [3.63, 3.8) is 0 Å². The molecule has 16 atom stereocenters. The molecule has 586 valence electrons. The first-order chi connectivity index (χ1) is 54.4. The molecule has 34 nitrogen and oxygen atoms in total. The zero-order valence-electron chi connectivity index (χ0n) is 59.7. The highest BCUT2D eigenvalue weighted by molar-refractivity contribution is 5.91. The molecular formula is C78H83N13O21. The van der Waals surface area contributed by atoms with Gasteiger partial charge in [0.25, 0.3) is 5.91 Å². The molecule has 112 heavy (non-hydrogen) atoms. The molecule has 2 heterocycles. The number of rotatable bonds is 26. The molecule has 8 aromatic carbocycles. The monoisotopic (exact) mass is 1540 g/mol. The number of nitrogens with one attached hydrogen (secondary N) is 9. The minimum absolute atomic E-state index is 0.166. The summed E-state index contributed by atoms with van der Waals surface area (Å²) in [6, 6.07) is 59.5. The van der Waals surface area contributed by atoms with E-state index in [4.69, 9.17) is 79.8 Å². The molecule has 0 bridgehead atoms. The third-order valence-electron chi connectivity index (χ3n) is 17.4. The molecule has 0 spiro atoms. The molecule has 1 saturated carbocycles. The molecule has 0 radical (unpaired) electrons. The number of carbonyl (C=O) groups excluding carboxylic acids is 9. The van der Waals surface area contributed by atoms with Crippen molar-refractivity contribution in [2.45, 2.75) is 111 Å². The van der Waals surface area contributed by atoms with E-state index >= 15 is 9.59 Å². The second-order valence-corrected chi connectivity index (χ2v) is 25.3. The van der Waals surface area contributed by atoms with Crippen molar-refractivity contribution >= 4 is 100 Å². The Kier molecular flexibility index (Phi) is 28.6. The molecule has 8 aromatic rings. The van der Waals surface area contributed by atoms with Crippen LogP contribution in [0, 0.1) is 0 Å². The van der Waals surface area contributed by atoms with Crippen LogP contribution < -0.4 is 70.8 Å². The summed E-state index contributed by atoms with van der Waals surface area (Å²) in [4.78, 5) is 130. The quantitative estimate of drug-likeness (QED) is 0.0224. The van der Waals surface area contributed by atoms with Crippen LogP contribution >= 0.6 is 0 Å². The van der Waals surface area contributed by atoms with Gasteiger partial charge in [0, 0.05) is 64.5 Å². The molecule has 1 unspecified atom stereocenters. The number of para-hydroxylation sites is 8. The largest absolute Gasteiger partial charge is 0.446 e. The Labute approximate surface area is 641 Å². The summed E-state index contributed by atoms with van der Waals surface area (Å²) in [5.74, 6) is -1.04. The lowest BCUT2D eigenvalue weighted by Crippen LogP contribution is -2.71. The molecule has 2 aliphatic heterocycles. The lowest BCUT2D eigenvalue weighted by molar-refractivity contribution is -0.329. The van der Waals surface area contributed by atoms with Gasteiger partial charge in [-0.3, -0.25) is 47.3 Å². The van der Waals surface area contributed by atoms with E-state index in [-0.39, 0.29) is 47.1 Å². The van der Waals surface area contributed by atoms with E-state index in [9.17, 15) is 33.6 Å². The molecule has 3 fully saturated rings. The summed E-state index contributed by atoms with van der Waals surface area (Å²) in [6.07, 6.45) is -34.9. The first-order valence-corrected chi connectivity index (χ1v) is 35.4. The molecule has 11 rings (SSSR count). The Bertz CT molecular complexity index is 4380. The molecule has 2 saturated heterocycles. The van der Waals surface area contributed by atoms with Gasteiger partial charge in [0.2, 0.25) is 0 Å². The van der Waals surface area contributed by atoms with Crippen molar-refractivity contribution < 1.29 is 100.0 Å². The van der Waals surface area contributed by atoms with Crippen LogP contribution in [-0.2, 0) is 61.6 Å². The van der Waals surface area contributed by atoms with Crippen LogP contribution in [0.5, 0.6) is 0 Å². The van der Waals surface area contributed by atoms with Gasteiger partial charge in [-0.15, -0.1) is 0 Å². The summed E-state index contributed by atoms with van der Waals surface area (Å²) in [5.41, 5.74) is 29.2. The van der Waals surface area contributed by atoms with Crippen molar-refractivity contribution in [1.82, 2.24) is 5.32 Å². The lowest BCUT2D eigenvalue weighted by atomic mass is 9.83. The van der Waals surface area contributed by atoms with E-state index in [0.717, 1.165) is 0 Å². The molecule has 1 aliphatic carbocycles. The van der Waals surface area contributed by atoms with Gasteiger partial charge < -0.3 is 85.1 Å². The molecule has 3 aliphatic rings. The van der Waals surface area contributed by atoms with Crippen molar-refractivity contribution in [2.24, 2.45) is 22.9 Å². The summed E-state index contributed by atoms with van der Waals surface area (Å²) in [5, 5.41) is 23.7. The van der Waals surface area contributed by atoms with Gasteiger partial charge in [-0.05, 0) is 110 Å². The van der Waals surface area contributed by atoms with Gasteiger partial charge in [-0.1, -0.05) is 146 Å². The fourth-order valence-electron chi connectivity index (χ4n) is 12.3. The zero-order chi connectivity index (χ0) is 78.7. The van der Waals surface area contributed by atoms with Crippen molar-refractivity contribution in [3.8, 4) is 0 Å². The zero-order valence-corrected chi connectivity index (χ0v) is 59.7. The molecule has 0 aromatic heterocycles.